The standard InChI is InChI=1S/C34H42F3N5O6/c1-31(2,3)48-30(46)39-32(4,5)28(44)38-25(20-47-19-24-14-10-7-11-15-24)27(43)41-17-16-26-33(21-41,18-23-12-8-6-9-13-23)29(45)42(40-26)22-34(35,36)37/h6-15,25H,16-22H2,1-5H3,(H,38,44)(H,39,46)/t25-,33?/m1/s1. The molecule has 0 saturated carbocycles. The molecule has 48 heavy (non-hydrogen) atoms. The lowest BCUT2D eigenvalue weighted by molar-refractivity contribution is -0.164. The number of hydrazone groups is 1. The second kappa shape index (κ2) is 14.3. The van der Waals surface area contributed by atoms with Gasteiger partial charge in [-0.25, -0.2) is 9.80 Å². The lowest BCUT2D eigenvalue weighted by Crippen LogP contribution is -2.63. The fourth-order valence-electron chi connectivity index (χ4n) is 5.61. The highest BCUT2D eigenvalue weighted by atomic mass is 19.4. The summed E-state index contributed by atoms with van der Waals surface area (Å²) in [7, 11) is 0. The van der Waals surface area contributed by atoms with E-state index >= 15 is 0 Å². The van der Waals surface area contributed by atoms with Gasteiger partial charge in [-0.05, 0) is 52.2 Å². The Morgan fingerprint density at radius 2 is 1.56 bits per heavy atom. The smallest absolute Gasteiger partial charge is 0.408 e. The number of nitrogens with zero attached hydrogens (tertiary/aromatic N) is 3. The van der Waals surface area contributed by atoms with Gasteiger partial charge in [-0.2, -0.15) is 18.3 Å². The van der Waals surface area contributed by atoms with E-state index in [2.05, 4.69) is 15.7 Å². The zero-order valence-corrected chi connectivity index (χ0v) is 27.7. The van der Waals surface area contributed by atoms with Crippen molar-refractivity contribution in [2.75, 3.05) is 26.2 Å². The average molecular weight is 674 g/mol. The molecule has 14 heteroatoms. The Balaban J connectivity index is 1.58. The first-order valence-electron chi connectivity index (χ1n) is 15.6. The molecule has 2 aromatic carbocycles. The first-order chi connectivity index (χ1) is 22.4. The van der Waals surface area contributed by atoms with Crippen molar-refractivity contribution in [1.82, 2.24) is 20.5 Å². The lowest BCUT2D eigenvalue weighted by Gasteiger charge is -2.41. The molecule has 0 spiro atoms. The first kappa shape index (κ1) is 36.4. The number of benzene rings is 2. The quantitative estimate of drug-likeness (QED) is 0.368. The SMILES string of the molecule is CC(C)(C)OC(=O)NC(C)(C)C(=O)N[C@H](COCc1ccccc1)C(=O)N1CCC2=NN(CC(F)(F)F)C(=O)C2(Cc2ccccc2)C1. The van der Waals surface area contributed by atoms with E-state index in [0.29, 0.717) is 10.6 Å². The average Bonchev–Trinajstić information content (AvgIpc) is 3.24. The number of likely N-dealkylation sites (tertiary alicyclic amines) is 1. The molecule has 4 rings (SSSR count). The van der Waals surface area contributed by atoms with Crippen LogP contribution >= 0.6 is 0 Å². The van der Waals surface area contributed by atoms with Crippen LogP contribution in [0.4, 0.5) is 18.0 Å². The molecule has 1 saturated heterocycles. The predicted octanol–water partition coefficient (Wildman–Crippen LogP) is 4.21. The molecule has 0 bridgehead atoms. The van der Waals surface area contributed by atoms with Crippen molar-refractivity contribution >= 4 is 29.5 Å². The molecule has 4 amide bonds. The number of fused-ring (bicyclic) bond motifs is 1. The minimum atomic E-state index is -4.68. The number of alkyl halides is 3. The van der Waals surface area contributed by atoms with E-state index in [9.17, 15) is 32.3 Å². The molecule has 2 aromatic rings. The lowest BCUT2D eigenvalue weighted by atomic mass is 9.73. The van der Waals surface area contributed by atoms with Crippen molar-refractivity contribution in [3.8, 4) is 0 Å². The summed E-state index contributed by atoms with van der Waals surface area (Å²) in [6.45, 7) is 6.03. The van der Waals surface area contributed by atoms with Crippen molar-refractivity contribution in [2.24, 2.45) is 10.5 Å². The van der Waals surface area contributed by atoms with E-state index < -0.39 is 59.1 Å². The van der Waals surface area contributed by atoms with Crippen LogP contribution in [0.2, 0.25) is 0 Å². The second-order valence-electron chi connectivity index (χ2n) is 13.6. The maximum Gasteiger partial charge on any atom is 0.408 e. The molecular weight excluding hydrogens is 631 g/mol. The van der Waals surface area contributed by atoms with Gasteiger partial charge in [-0.3, -0.25) is 14.4 Å². The third kappa shape index (κ3) is 9.33. The van der Waals surface area contributed by atoms with E-state index in [1.54, 1.807) is 51.1 Å². The fourth-order valence-corrected chi connectivity index (χ4v) is 5.61. The second-order valence-corrected chi connectivity index (χ2v) is 13.6. The molecule has 0 radical (unpaired) electrons. The fraction of sp³-hybridized carbons (Fsp3) is 0.500. The topological polar surface area (TPSA) is 130 Å². The van der Waals surface area contributed by atoms with Gasteiger partial charge < -0.3 is 25.0 Å². The molecule has 1 unspecified atom stereocenters. The maximum absolute atomic E-state index is 14.2. The van der Waals surface area contributed by atoms with E-state index in [1.807, 2.05) is 30.3 Å². The molecule has 0 aromatic heterocycles. The minimum Gasteiger partial charge on any atom is -0.444 e. The van der Waals surface area contributed by atoms with Gasteiger partial charge >= 0.3 is 12.3 Å². The normalized spacial score (nSPS) is 18.9. The zero-order valence-electron chi connectivity index (χ0n) is 27.7. The first-order valence-corrected chi connectivity index (χ1v) is 15.6. The Kier molecular flexibility index (Phi) is 10.9. The summed E-state index contributed by atoms with van der Waals surface area (Å²) >= 11 is 0. The number of carbonyl (C=O) groups excluding carboxylic acids is 4. The number of halogens is 3. The number of amides is 4. The molecular formula is C34H42F3N5O6. The molecule has 11 nitrogen and oxygen atoms in total. The summed E-state index contributed by atoms with van der Waals surface area (Å²) in [6.07, 6.45) is -5.43. The van der Waals surface area contributed by atoms with Crippen molar-refractivity contribution in [3.63, 3.8) is 0 Å². The minimum absolute atomic E-state index is 0.0258. The van der Waals surface area contributed by atoms with E-state index in [4.69, 9.17) is 9.47 Å². The molecule has 1 fully saturated rings. The van der Waals surface area contributed by atoms with Gasteiger partial charge in [0.1, 0.15) is 29.1 Å². The molecule has 0 aliphatic carbocycles. The van der Waals surface area contributed by atoms with E-state index in [-0.39, 0.29) is 44.9 Å². The number of hydrogen-bond acceptors (Lipinski definition) is 7. The van der Waals surface area contributed by atoms with Crippen LogP contribution in [0.15, 0.2) is 65.8 Å². The number of ether oxygens (including phenoxy) is 2. The zero-order chi connectivity index (χ0) is 35.3. The third-order valence-electron chi connectivity index (χ3n) is 7.89. The van der Waals surface area contributed by atoms with Gasteiger partial charge in [-0.1, -0.05) is 60.7 Å². The van der Waals surface area contributed by atoms with Crippen LogP contribution in [-0.2, 0) is 36.9 Å². The van der Waals surface area contributed by atoms with Crippen molar-refractivity contribution < 1.29 is 41.8 Å². The summed E-state index contributed by atoms with van der Waals surface area (Å²) in [4.78, 5) is 55.3. The molecule has 2 aliphatic heterocycles. The summed E-state index contributed by atoms with van der Waals surface area (Å²) in [5.41, 5.74) is -2.09. The number of alkyl carbamates (subject to hydrolysis) is 1. The van der Waals surface area contributed by atoms with Gasteiger partial charge in [0, 0.05) is 19.5 Å². The Hall–Kier alpha value is -4.46. The highest BCUT2D eigenvalue weighted by Gasteiger charge is 2.56. The predicted molar refractivity (Wildman–Crippen MR) is 170 cm³/mol. The maximum atomic E-state index is 14.2. The van der Waals surface area contributed by atoms with Crippen LogP contribution in [0.1, 0.15) is 52.2 Å². The summed E-state index contributed by atoms with van der Waals surface area (Å²) in [5.74, 6) is -2.15. The van der Waals surface area contributed by atoms with Crippen LogP contribution in [0.3, 0.4) is 0 Å². The van der Waals surface area contributed by atoms with Gasteiger partial charge in [0.15, 0.2) is 0 Å². The summed E-state index contributed by atoms with van der Waals surface area (Å²) in [5, 5.41) is 9.74. The van der Waals surface area contributed by atoms with Crippen LogP contribution < -0.4 is 10.6 Å². The van der Waals surface area contributed by atoms with E-state index in [0.717, 1.165) is 5.56 Å². The van der Waals surface area contributed by atoms with Crippen LogP contribution in [0.5, 0.6) is 0 Å². The van der Waals surface area contributed by atoms with Gasteiger partial charge in [0.05, 0.1) is 18.9 Å². The third-order valence-corrected chi connectivity index (χ3v) is 7.89. The Bertz CT molecular complexity index is 1510. The van der Waals surface area contributed by atoms with E-state index in [1.165, 1.54) is 18.7 Å². The molecule has 2 N–H and O–H groups in total. The number of carbonyl (C=O) groups is 4. The molecule has 2 atom stereocenters. The number of piperidine rings is 1. The van der Waals surface area contributed by atoms with Gasteiger partial charge in [0.25, 0.3) is 5.91 Å². The Labute approximate surface area is 277 Å². The molecule has 260 valence electrons. The number of hydrogen-bond donors (Lipinski definition) is 2. The monoisotopic (exact) mass is 673 g/mol. The van der Waals surface area contributed by atoms with Gasteiger partial charge in [0.2, 0.25) is 11.8 Å². The Morgan fingerprint density at radius 3 is 2.15 bits per heavy atom. The largest absolute Gasteiger partial charge is 0.444 e. The van der Waals surface area contributed by atoms with Gasteiger partial charge in [-0.15, -0.1) is 0 Å². The number of rotatable bonds is 11. The number of nitrogens with one attached hydrogen (secondary N) is 2. The van der Waals surface area contributed by atoms with Crippen LogP contribution in [0, 0.1) is 5.41 Å². The summed E-state index contributed by atoms with van der Waals surface area (Å²) < 4.78 is 51.4. The van der Waals surface area contributed by atoms with Crippen LogP contribution in [-0.4, -0.2) is 89.0 Å². The van der Waals surface area contributed by atoms with Crippen LogP contribution in [0.25, 0.3) is 0 Å². The molecule has 2 heterocycles. The highest BCUT2D eigenvalue weighted by molar-refractivity contribution is 6.14. The summed E-state index contributed by atoms with van der Waals surface area (Å²) in [6, 6.07) is 16.7. The van der Waals surface area contributed by atoms with Crippen molar-refractivity contribution in [2.45, 2.75) is 77.4 Å². The van der Waals surface area contributed by atoms with Crippen molar-refractivity contribution in [1.29, 1.82) is 0 Å². The van der Waals surface area contributed by atoms with Crippen molar-refractivity contribution in [3.05, 3.63) is 71.8 Å². The molecule has 2 aliphatic rings. The Morgan fingerprint density at radius 1 is 0.958 bits per heavy atom. The highest BCUT2D eigenvalue weighted by Crippen LogP contribution is 2.40.